The third-order valence-electron chi connectivity index (χ3n) is 11.3. The number of ether oxygens (including phenoxy) is 1. The van der Waals surface area contributed by atoms with Crippen LogP contribution in [0.25, 0.3) is 21.9 Å². The molecule has 2 aromatic heterocycles. The number of aromatic hydroxyl groups is 1. The first-order valence-corrected chi connectivity index (χ1v) is 17.7. The number of carbonyl (C=O) groups excluding carboxylic acids is 1. The van der Waals surface area contributed by atoms with Crippen LogP contribution in [0.1, 0.15) is 49.7 Å². The van der Waals surface area contributed by atoms with Crippen molar-refractivity contribution in [2.75, 3.05) is 44.2 Å². The molecule has 0 radical (unpaired) electrons. The highest BCUT2D eigenvalue weighted by Gasteiger charge is 2.48. The fraction of sp³-hybridized carbons (Fsp3) is 0.474. The van der Waals surface area contributed by atoms with E-state index in [-0.39, 0.29) is 60.0 Å². The molecule has 2 aromatic carbocycles. The quantitative estimate of drug-likeness (QED) is 0.135. The van der Waals surface area contributed by atoms with Crippen molar-refractivity contribution >= 4 is 33.8 Å². The minimum Gasteiger partial charge on any atom is -0.508 e. The Hall–Kier alpha value is -4.90. The first-order chi connectivity index (χ1) is 24.9. The van der Waals surface area contributed by atoms with Crippen molar-refractivity contribution in [3.05, 3.63) is 60.2 Å². The number of terminal acetylenes is 1. The largest absolute Gasteiger partial charge is 0.508 e. The summed E-state index contributed by atoms with van der Waals surface area (Å²) in [5, 5.41) is 11.7. The summed E-state index contributed by atoms with van der Waals surface area (Å²) < 4.78 is 63.0. The third kappa shape index (κ3) is 6.29. The number of carbonyl (C=O) groups is 1. The number of aromatic nitrogens is 4. The average molecular weight is 718 g/mol. The van der Waals surface area contributed by atoms with Gasteiger partial charge in [0.05, 0.1) is 43.0 Å². The van der Waals surface area contributed by atoms with E-state index in [1.54, 1.807) is 23.0 Å². The number of anilines is 1. The van der Waals surface area contributed by atoms with Gasteiger partial charge in [0.2, 0.25) is 17.7 Å². The van der Waals surface area contributed by atoms with Gasteiger partial charge in [-0.05, 0) is 86.8 Å². The van der Waals surface area contributed by atoms with E-state index in [4.69, 9.17) is 21.1 Å². The lowest BCUT2D eigenvalue weighted by molar-refractivity contribution is -0.185. The molecule has 4 fully saturated rings. The number of hydrogen-bond donors (Lipinski definition) is 1. The number of benzene rings is 2. The predicted octanol–water partition coefficient (Wildman–Crippen LogP) is 5.65. The Labute approximate surface area is 298 Å². The van der Waals surface area contributed by atoms with Crippen molar-refractivity contribution < 1.29 is 32.2 Å². The highest BCUT2D eigenvalue weighted by molar-refractivity contribution is 5.93. The van der Waals surface area contributed by atoms with Gasteiger partial charge in [0.1, 0.15) is 11.6 Å². The summed E-state index contributed by atoms with van der Waals surface area (Å²) in [6.07, 6.45) is 8.22. The van der Waals surface area contributed by atoms with E-state index in [0.29, 0.717) is 72.8 Å². The number of phenolic OH excluding ortho intramolecular Hbond substituents is 1. The minimum absolute atomic E-state index is 0.000573. The second-order valence-corrected chi connectivity index (χ2v) is 14.8. The molecular formula is C38H39F4N7O3. The SMILES string of the molecule is C#Cc1c(F)ccc2cc(O)cc(Cn3cnc4c(OCC5(CN6CCC(C(F)(F)F)CC6)CC5)nc(N5C[C@H]6CC[C@@H](C5)N6C(=O)C=C)nc43)c12. The summed E-state index contributed by atoms with van der Waals surface area (Å²) in [5.74, 6) is 1.28. The molecule has 8 rings (SSSR count). The summed E-state index contributed by atoms with van der Waals surface area (Å²) in [6, 6.07) is 5.90. The zero-order valence-corrected chi connectivity index (χ0v) is 28.6. The molecule has 3 saturated heterocycles. The van der Waals surface area contributed by atoms with Gasteiger partial charge in [-0.3, -0.25) is 4.79 Å². The topological polar surface area (TPSA) is 99.9 Å². The van der Waals surface area contributed by atoms with E-state index in [2.05, 4.69) is 27.3 Å². The number of fused-ring (bicyclic) bond motifs is 4. The van der Waals surface area contributed by atoms with Crippen LogP contribution in [0.15, 0.2) is 43.2 Å². The zero-order valence-electron chi connectivity index (χ0n) is 28.6. The average Bonchev–Trinajstić information content (AvgIpc) is 3.68. The zero-order chi connectivity index (χ0) is 36.4. The number of halogens is 4. The van der Waals surface area contributed by atoms with Crippen LogP contribution >= 0.6 is 0 Å². The summed E-state index contributed by atoms with van der Waals surface area (Å²) >= 11 is 0. The first-order valence-electron chi connectivity index (χ1n) is 17.7. The Morgan fingerprint density at radius 2 is 1.85 bits per heavy atom. The number of likely N-dealkylation sites (tertiary alicyclic amines) is 1. The van der Waals surface area contributed by atoms with Gasteiger partial charge in [0.25, 0.3) is 0 Å². The molecule has 4 aromatic rings. The Morgan fingerprint density at radius 3 is 2.50 bits per heavy atom. The molecule has 0 unspecified atom stereocenters. The van der Waals surface area contributed by atoms with Crippen LogP contribution in [0.2, 0.25) is 0 Å². The minimum atomic E-state index is -4.16. The first kappa shape index (κ1) is 34.2. The van der Waals surface area contributed by atoms with Gasteiger partial charge in [-0.25, -0.2) is 9.37 Å². The molecule has 1 aliphatic carbocycles. The lowest BCUT2D eigenvalue weighted by Gasteiger charge is -2.40. The summed E-state index contributed by atoms with van der Waals surface area (Å²) in [4.78, 5) is 33.3. The van der Waals surface area contributed by atoms with Crippen molar-refractivity contribution in [3.63, 3.8) is 0 Å². The number of nitrogens with zero attached hydrogens (tertiary/aromatic N) is 7. The van der Waals surface area contributed by atoms with Crippen LogP contribution in [0.3, 0.4) is 0 Å². The van der Waals surface area contributed by atoms with E-state index in [1.165, 1.54) is 18.2 Å². The molecule has 1 saturated carbocycles. The highest BCUT2D eigenvalue weighted by atomic mass is 19.4. The van der Waals surface area contributed by atoms with Crippen LogP contribution in [-0.4, -0.2) is 97.9 Å². The van der Waals surface area contributed by atoms with Crippen molar-refractivity contribution in [3.8, 4) is 24.0 Å². The van der Waals surface area contributed by atoms with Crippen molar-refractivity contribution in [2.45, 2.75) is 63.3 Å². The molecule has 1 N–H and O–H groups in total. The summed E-state index contributed by atoms with van der Waals surface area (Å²) in [5.41, 5.74) is 1.35. The normalized spacial score (nSPS) is 21.8. The lowest BCUT2D eigenvalue weighted by Crippen LogP contribution is -2.55. The van der Waals surface area contributed by atoms with Gasteiger partial charge in [0.15, 0.2) is 11.2 Å². The monoisotopic (exact) mass is 717 g/mol. The van der Waals surface area contributed by atoms with Crippen LogP contribution in [-0.2, 0) is 11.3 Å². The molecule has 2 atom stereocenters. The van der Waals surface area contributed by atoms with Crippen LogP contribution < -0.4 is 9.64 Å². The third-order valence-corrected chi connectivity index (χ3v) is 11.3. The Morgan fingerprint density at radius 1 is 1.12 bits per heavy atom. The molecule has 3 aliphatic heterocycles. The smallest absolute Gasteiger partial charge is 0.391 e. The summed E-state index contributed by atoms with van der Waals surface area (Å²) in [6.45, 7) is 6.64. The Kier molecular flexibility index (Phi) is 8.52. The fourth-order valence-corrected chi connectivity index (χ4v) is 8.40. The van der Waals surface area contributed by atoms with E-state index >= 15 is 0 Å². The van der Waals surface area contributed by atoms with Gasteiger partial charge in [0, 0.05) is 30.4 Å². The number of alkyl halides is 3. The van der Waals surface area contributed by atoms with Gasteiger partial charge in [-0.1, -0.05) is 18.6 Å². The van der Waals surface area contributed by atoms with Gasteiger partial charge < -0.3 is 29.1 Å². The van der Waals surface area contributed by atoms with E-state index in [1.807, 2.05) is 4.90 Å². The highest BCUT2D eigenvalue weighted by Crippen LogP contribution is 2.48. The molecule has 52 heavy (non-hydrogen) atoms. The Balaban J connectivity index is 1.11. The number of imidazole rings is 1. The van der Waals surface area contributed by atoms with Crippen molar-refractivity contribution in [1.82, 2.24) is 29.3 Å². The molecule has 1 amide bonds. The molecule has 272 valence electrons. The molecular weight excluding hydrogens is 678 g/mol. The van der Waals surface area contributed by atoms with Gasteiger partial charge in [-0.15, -0.1) is 6.42 Å². The maximum Gasteiger partial charge on any atom is 0.391 e. The van der Waals surface area contributed by atoms with Crippen LogP contribution in [0.5, 0.6) is 11.6 Å². The van der Waals surface area contributed by atoms with E-state index in [0.717, 1.165) is 25.7 Å². The molecule has 0 spiro atoms. The number of piperidine rings is 1. The van der Waals surface area contributed by atoms with Crippen LogP contribution in [0, 0.1) is 29.5 Å². The number of hydrogen-bond acceptors (Lipinski definition) is 8. The number of amides is 1. The van der Waals surface area contributed by atoms with Crippen LogP contribution in [0.4, 0.5) is 23.5 Å². The number of rotatable bonds is 9. The van der Waals surface area contributed by atoms with E-state index in [9.17, 15) is 27.5 Å². The predicted molar refractivity (Wildman–Crippen MR) is 186 cm³/mol. The molecule has 14 heteroatoms. The number of phenols is 1. The fourth-order valence-electron chi connectivity index (χ4n) is 8.40. The second kappa shape index (κ2) is 12.9. The van der Waals surface area contributed by atoms with E-state index < -0.39 is 17.9 Å². The molecule has 5 heterocycles. The molecule has 10 nitrogen and oxygen atoms in total. The summed E-state index contributed by atoms with van der Waals surface area (Å²) in [7, 11) is 0. The standard InChI is InChI=1S/C38H39F4N7O3/c1-3-29-30(39)8-5-23-15-28(50)16-24(32(23)29)17-48-22-43-33-34(48)44-36(47-18-26-6-7-27(19-47)49(26)31(51)4-2)45-35(33)52-21-37(11-12-37)20-46-13-9-25(10-14-46)38(40,41)42/h1,4-5,8,15-16,22,25-27,50H,2,6-7,9-14,17-21H2/t26-,27+. The second-order valence-electron chi connectivity index (χ2n) is 14.8. The van der Waals surface area contributed by atoms with Crippen molar-refractivity contribution in [2.24, 2.45) is 11.3 Å². The molecule has 2 bridgehead atoms. The number of piperazine rings is 1. The van der Waals surface area contributed by atoms with Gasteiger partial charge >= 0.3 is 6.18 Å². The Bertz CT molecular complexity index is 2080. The maximum atomic E-state index is 14.9. The maximum absolute atomic E-state index is 14.9. The van der Waals surface area contributed by atoms with Crippen molar-refractivity contribution in [1.29, 1.82) is 0 Å². The molecule has 4 aliphatic rings. The van der Waals surface area contributed by atoms with Gasteiger partial charge in [-0.2, -0.15) is 23.1 Å². The lowest BCUT2D eigenvalue weighted by atomic mass is 9.95.